The topological polar surface area (TPSA) is 50.3 Å². The number of rotatable bonds is 3. The molecule has 3 heterocycles. The minimum absolute atomic E-state index is 0.418. The Kier molecular flexibility index (Phi) is 2.61. The van der Waals surface area contributed by atoms with E-state index in [0.29, 0.717) is 6.04 Å². The predicted molar refractivity (Wildman–Crippen MR) is 61.7 cm³/mol. The van der Waals surface area contributed by atoms with Crippen molar-refractivity contribution >= 4 is 11.8 Å². The number of nitrogens with zero attached hydrogens (tertiary/aromatic N) is 3. The molecular weight excluding hydrogens is 204 g/mol. The van der Waals surface area contributed by atoms with Crippen molar-refractivity contribution in [1.82, 2.24) is 9.97 Å². The average Bonchev–Trinajstić information content (AvgIpc) is 2.77. The van der Waals surface area contributed by atoms with Crippen molar-refractivity contribution in [2.75, 3.05) is 36.5 Å². The first kappa shape index (κ1) is 9.84. The van der Waals surface area contributed by atoms with Gasteiger partial charge in [0.15, 0.2) is 0 Å². The second-order valence-corrected chi connectivity index (χ2v) is 4.31. The third-order valence-electron chi connectivity index (χ3n) is 3.02. The number of aromatic nitrogens is 2. The van der Waals surface area contributed by atoms with Gasteiger partial charge in [-0.05, 0) is 18.9 Å². The standard InChI is InChI=1S/C11H16N4O/c1-2-6-15(5-1)11-12-4-3-10(14-11)13-9-7-16-8-9/h3-4,9H,1-2,5-8H2,(H,12,13,14). The molecule has 0 radical (unpaired) electrons. The summed E-state index contributed by atoms with van der Waals surface area (Å²) < 4.78 is 5.12. The monoisotopic (exact) mass is 220 g/mol. The van der Waals surface area contributed by atoms with E-state index in [1.54, 1.807) is 0 Å². The third-order valence-corrected chi connectivity index (χ3v) is 3.02. The fraction of sp³-hybridized carbons (Fsp3) is 0.636. The number of hydrogen-bond acceptors (Lipinski definition) is 5. The zero-order chi connectivity index (χ0) is 10.8. The lowest BCUT2D eigenvalue weighted by molar-refractivity contribution is 0.0209. The molecule has 0 saturated carbocycles. The summed E-state index contributed by atoms with van der Waals surface area (Å²) in [4.78, 5) is 11.1. The summed E-state index contributed by atoms with van der Waals surface area (Å²) in [5, 5.41) is 3.34. The lowest BCUT2D eigenvalue weighted by Gasteiger charge is -2.27. The molecule has 0 spiro atoms. The van der Waals surface area contributed by atoms with E-state index in [4.69, 9.17) is 4.74 Å². The van der Waals surface area contributed by atoms with Crippen molar-refractivity contribution in [3.8, 4) is 0 Å². The summed E-state index contributed by atoms with van der Waals surface area (Å²) >= 11 is 0. The van der Waals surface area contributed by atoms with Crippen LogP contribution in [0.25, 0.3) is 0 Å². The van der Waals surface area contributed by atoms with Gasteiger partial charge in [0.1, 0.15) is 5.82 Å². The molecule has 0 bridgehead atoms. The van der Waals surface area contributed by atoms with Crippen LogP contribution in [-0.2, 0) is 4.74 Å². The lowest BCUT2D eigenvalue weighted by atomic mass is 10.2. The Balaban J connectivity index is 1.70. The lowest BCUT2D eigenvalue weighted by Crippen LogP contribution is -2.40. The van der Waals surface area contributed by atoms with E-state index in [1.165, 1.54) is 12.8 Å². The van der Waals surface area contributed by atoms with Crippen LogP contribution in [0.1, 0.15) is 12.8 Å². The van der Waals surface area contributed by atoms with E-state index in [0.717, 1.165) is 38.1 Å². The van der Waals surface area contributed by atoms with Gasteiger partial charge in [-0.2, -0.15) is 4.98 Å². The molecule has 3 rings (SSSR count). The smallest absolute Gasteiger partial charge is 0.227 e. The highest BCUT2D eigenvalue weighted by Gasteiger charge is 2.19. The van der Waals surface area contributed by atoms with E-state index in [-0.39, 0.29) is 0 Å². The van der Waals surface area contributed by atoms with Crippen LogP contribution in [0.3, 0.4) is 0 Å². The number of hydrogen-bond donors (Lipinski definition) is 1. The van der Waals surface area contributed by atoms with Crippen molar-refractivity contribution in [2.24, 2.45) is 0 Å². The Morgan fingerprint density at radius 1 is 1.31 bits per heavy atom. The Labute approximate surface area is 94.8 Å². The van der Waals surface area contributed by atoms with E-state index in [9.17, 15) is 0 Å². The van der Waals surface area contributed by atoms with Crippen LogP contribution >= 0.6 is 0 Å². The summed E-state index contributed by atoms with van der Waals surface area (Å²) in [6.07, 6.45) is 4.32. The molecule has 5 nitrogen and oxygen atoms in total. The van der Waals surface area contributed by atoms with Crippen LogP contribution in [-0.4, -0.2) is 42.3 Å². The fourth-order valence-corrected chi connectivity index (χ4v) is 2.03. The second-order valence-electron chi connectivity index (χ2n) is 4.31. The molecule has 0 atom stereocenters. The molecule has 1 aromatic heterocycles. The molecule has 2 fully saturated rings. The normalized spacial score (nSPS) is 20.9. The van der Waals surface area contributed by atoms with Gasteiger partial charge in [-0.1, -0.05) is 0 Å². The molecule has 16 heavy (non-hydrogen) atoms. The van der Waals surface area contributed by atoms with Crippen LogP contribution in [0.15, 0.2) is 12.3 Å². The molecule has 1 aromatic rings. The van der Waals surface area contributed by atoms with Gasteiger partial charge >= 0.3 is 0 Å². The maximum atomic E-state index is 5.12. The molecule has 2 aliphatic heterocycles. The van der Waals surface area contributed by atoms with E-state index in [2.05, 4.69) is 20.2 Å². The number of nitrogens with one attached hydrogen (secondary N) is 1. The molecule has 0 aromatic carbocycles. The molecule has 86 valence electrons. The zero-order valence-corrected chi connectivity index (χ0v) is 9.22. The summed E-state index contributed by atoms with van der Waals surface area (Å²) in [7, 11) is 0. The number of ether oxygens (including phenoxy) is 1. The molecule has 0 amide bonds. The molecular formula is C11H16N4O. The molecule has 1 N–H and O–H groups in total. The van der Waals surface area contributed by atoms with Crippen molar-refractivity contribution in [3.05, 3.63) is 12.3 Å². The van der Waals surface area contributed by atoms with E-state index in [1.807, 2.05) is 12.3 Å². The maximum Gasteiger partial charge on any atom is 0.227 e. The van der Waals surface area contributed by atoms with Gasteiger partial charge in [0.25, 0.3) is 0 Å². The van der Waals surface area contributed by atoms with E-state index < -0.39 is 0 Å². The van der Waals surface area contributed by atoms with Crippen molar-refractivity contribution in [1.29, 1.82) is 0 Å². The predicted octanol–water partition coefficient (Wildman–Crippen LogP) is 0.887. The highest BCUT2D eigenvalue weighted by atomic mass is 16.5. The highest BCUT2D eigenvalue weighted by Crippen LogP contribution is 2.17. The fourth-order valence-electron chi connectivity index (χ4n) is 2.03. The third kappa shape index (κ3) is 1.95. The summed E-state index contributed by atoms with van der Waals surface area (Å²) in [5.41, 5.74) is 0. The minimum Gasteiger partial charge on any atom is -0.377 e. The average molecular weight is 220 g/mol. The van der Waals surface area contributed by atoms with Crippen molar-refractivity contribution in [3.63, 3.8) is 0 Å². The van der Waals surface area contributed by atoms with Gasteiger partial charge in [0.05, 0.1) is 19.3 Å². The van der Waals surface area contributed by atoms with Crippen LogP contribution in [0.4, 0.5) is 11.8 Å². The van der Waals surface area contributed by atoms with Gasteiger partial charge in [-0.3, -0.25) is 0 Å². The highest BCUT2D eigenvalue weighted by molar-refractivity contribution is 5.42. The Hall–Kier alpha value is -1.36. The first-order valence-electron chi connectivity index (χ1n) is 5.84. The summed E-state index contributed by atoms with van der Waals surface area (Å²) in [6.45, 7) is 3.72. The first-order valence-corrected chi connectivity index (χ1v) is 5.84. The van der Waals surface area contributed by atoms with Gasteiger partial charge in [-0.15, -0.1) is 0 Å². The van der Waals surface area contributed by atoms with Gasteiger partial charge in [0.2, 0.25) is 5.95 Å². The maximum absolute atomic E-state index is 5.12. The van der Waals surface area contributed by atoms with E-state index >= 15 is 0 Å². The van der Waals surface area contributed by atoms with Gasteiger partial charge in [-0.25, -0.2) is 4.98 Å². The minimum atomic E-state index is 0.418. The Bertz CT molecular complexity index is 361. The largest absolute Gasteiger partial charge is 0.377 e. The van der Waals surface area contributed by atoms with Crippen LogP contribution < -0.4 is 10.2 Å². The first-order chi connectivity index (χ1) is 7.92. The SMILES string of the molecule is c1cc(NC2COC2)nc(N2CCCC2)n1. The van der Waals surface area contributed by atoms with Crippen LogP contribution in [0.5, 0.6) is 0 Å². The van der Waals surface area contributed by atoms with Crippen molar-refractivity contribution in [2.45, 2.75) is 18.9 Å². The molecule has 5 heteroatoms. The summed E-state index contributed by atoms with van der Waals surface area (Å²) in [5.74, 6) is 1.76. The number of anilines is 2. The van der Waals surface area contributed by atoms with Crippen LogP contribution in [0.2, 0.25) is 0 Å². The van der Waals surface area contributed by atoms with Gasteiger partial charge < -0.3 is 15.0 Å². The van der Waals surface area contributed by atoms with Crippen molar-refractivity contribution < 1.29 is 4.74 Å². The Morgan fingerprint density at radius 3 is 2.81 bits per heavy atom. The quantitative estimate of drug-likeness (QED) is 0.819. The molecule has 0 unspecified atom stereocenters. The van der Waals surface area contributed by atoms with Gasteiger partial charge in [0, 0.05) is 19.3 Å². The molecule has 0 aliphatic carbocycles. The van der Waals surface area contributed by atoms with Crippen LogP contribution in [0, 0.1) is 0 Å². The molecule has 2 aliphatic rings. The zero-order valence-electron chi connectivity index (χ0n) is 9.22. The summed E-state index contributed by atoms with van der Waals surface area (Å²) in [6, 6.07) is 2.33. The Morgan fingerprint density at radius 2 is 2.12 bits per heavy atom. The molecule has 2 saturated heterocycles. The second kappa shape index (κ2) is 4.25.